The monoisotopic (exact) mass is 491 g/mol. The van der Waals surface area contributed by atoms with E-state index in [1.54, 1.807) is 17.0 Å². The SMILES string of the molecule is CCCOc1ccc(C2=[C-]CC(I)C(=O)N2CC)c(F)c1.[Y]. The summed E-state index contributed by atoms with van der Waals surface area (Å²) in [5.41, 5.74) is 0.937. The minimum Gasteiger partial charge on any atom is -0.494 e. The summed E-state index contributed by atoms with van der Waals surface area (Å²) in [5, 5.41) is 0. The Hall–Kier alpha value is -0.00610. The fraction of sp³-hybridized carbons (Fsp3) is 0.438. The maximum absolute atomic E-state index is 14.3. The van der Waals surface area contributed by atoms with E-state index in [2.05, 4.69) is 28.7 Å². The zero-order chi connectivity index (χ0) is 15.4. The second kappa shape index (κ2) is 9.33. The molecule has 1 atom stereocenters. The summed E-state index contributed by atoms with van der Waals surface area (Å²) in [6.45, 7) is 4.94. The van der Waals surface area contributed by atoms with Crippen LogP contribution in [0.1, 0.15) is 32.3 Å². The molecule has 0 N–H and O–H groups in total. The summed E-state index contributed by atoms with van der Waals surface area (Å²) in [7, 11) is 0. The predicted molar refractivity (Wildman–Crippen MR) is 88.6 cm³/mol. The number of halogens is 2. The average molecular weight is 491 g/mol. The van der Waals surface area contributed by atoms with Crippen molar-refractivity contribution in [2.45, 2.75) is 30.6 Å². The van der Waals surface area contributed by atoms with Crippen LogP contribution in [0.5, 0.6) is 5.75 Å². The van der Waals surface area contributed by atoms with E-state index in [1.807, 2.05) is 13.8 Å². The first kappa shape index (κ1) is 20.0. The molecule has 0 aromatic heterocycles. The molecular weight excluding hydrogens is 473 g/mol. The van der Waals surface area contributed by atoms with Crippen molar-refractivity contribution in [3.63, 3.8) is 0 Å². The van der Waals surface area contributed by atoms with Crippen molar-refractivity contribution in [2.75, 3.05) is 13.2 Å². The number of nitrogens with zero attached hydrogens (tertiary/aromatic N) is 1. The maximum atomic E-state index is 14.3. The number of carbonyl (C=O) groups excluding carboxylic acids is 1. The molecule has 117 valence electrons. The topological polar surface area (TPSA) is 29.5 Å². The van der Waals surface area contributed by atoms with Gasteiger partial charge in [0, 0.05) is 39.3 Å². The van der Waals surface area contributed by atoms with Crippen molar-refractivity contribution in [1.82, 2.24) is 4.90 Å². The van der Waals surface area contributed by atoms with E-state index in [4.69, 9.17) is 4.74 Å². The Morgan fingerprint density at radius 1 is 1.45 bits per heavy atom. The van der Waals surface area contributed by atoms with Crippen molar-refractivity contribution in [3.05, 3.63) is 35.7 Å². The Labute approximate surface area is 169 Å². The van der Waals surface area contributed by atoms with Gasteiger partial charge in [0.15, 0.2) is 0 Å². The Morgan fingerprint density at radius 2 is 2.18 bits per heavy atom. The third kappa shape index (κ3) is 4.51. The molecule has 0 aliphatic carbocycles. The number of hydrogen-bond acceptors (Lipinski definition) is 2. The molecule has 0 spiro atoms. The summed E-state index contributed by atoms with van der Waals surface area (Å²) in [4.78, 5) is 13.8. The number of hydrogen-bond donors (Lipinski definition) is 0. The molecule has 1 unspecified atom stereocenters. The summed E-state index contributed by atoms with van der Waals surface area (Å²) in [6.07, 6.45) is 4.54. The van der Waals surface area contributed by atoms with E-state index >= 15 is 0 Å². The molecule has 1 aliphatic heterocycles. The molecule has 3 nitrogen and oxygen atoms in total. The quantitative estimate of drug-likeness (QED) is 0.357. The van der Waals surface area contributed by atoms with E-state index in [9.17, 15) is 9.18 Å². The van der Waals surface area contributed by atoms with Crippen LogP contribution in [0.3, 0.4) is 0 Å². The van der Waals surface area contributed by atoms with Crippen LogP contribution >= 0.6 is 22.6 Å². The second-order valence-electron chi connectivity index (χ2n) is 4.77. The summed E-state index contributed by atoms with van der Waals surface area (Å²) < 4.78 is 19.6. The molecular formula is C16H18FINO2Y-. The number of rotatable bonds is 5. The van der Waals surface area contributed by atoms with Gasteiger partial charge in [-0.2, -0.15) is 0 Å². The second-order valence-corrected chi connectivity index (χ2v) is 6.27. The number of alkyl halides is 1. The van der Waals surface area contributed by atoms with Gasteiger partial charge in [0.05, 0.1) is 16.3 Å². The van der Waals surface area contributed by atoms with Gasteiger partial charge in [-0.1, -0.05) is 35.9 Å². The van der Waals surface area contributed by atoms with Crippen molar-refractivity contribution >= 4 is 34.2 Å². The van der Waals surface area contributed by atoms with Gasteiger partial charge >= 0.3 is 0 Å². The predicted octanol–water partition coefficient (Wildman–Crippen LogP) is 3.81. The Morgan fingerprint density at radius 3 is 2.77 bits per heavy atom. The number of benzene rings is 1. The van der Waals surface area contributed by atoms with Crippen molar-refractivity contribution in [3.8, 4) is 5.75 Å². The van der Waals surface area contributed by atoms with Gasteiger partial charge in [-0.05, 0) is 25.5 Å². The van der Waals surface area contributed by atoms with Crippen LogP contribution in [0.4, 0.5) is 4.39 Å². The van der Waals surface area contributed by atoms with Crippen LogP contribution in [0.2, 0.25) is 0 Å². The van der Waals surface area contributed by atoms with Gasteiger partial charge in [-0.3, -0.25) is 4.79 Å². The van der Waals surface area contributed by atoms with Crippen LogP contribution < -0.4 is 4.74 Å². The molecule has 1 aromatic rings. The third-order valence-corrected chi connectivity index (χ3v) is 4.21. The average Bonchev–Trinajstić information content (AvgIpc) is 2.48. The molecule has 1 aliphatic rings. The first-order chi connectivity index (χ1) is 10.1. The zero-order valence-electron chi connectivity index (χ0n) is 12.7. The van der Waals surface area contributed by atoms with Crippen LogP contribution in [-0.4, -0.2) is 27.9 Å². The Bertz CT molecular complexity index is 565. The molecule has 1 amide bonds. The van der Waals surface area contributed by atoms with E-state index in [0.717, 1.165) is 6.42 Å². The first-order valence-corrected chi connectivity index (χ1v) is 8.32. The van der Waals surface area contributed by atoms with E-state index in [1.165, 1.54) is 6.07 Å². The van der Waals surface area contributed by atoms with Crippen LogP contribution in [0, 0.1) is 11.9 Å². The molecule has 0 fully saturated rings. The minimum absolute atomic E-state index is 0. The Balaban J connectivity index is 0.00000242. The van der Waals surface area contributed by atoms with Gasteiger partial charge in [0.1, 0.15) is 5.75 Å². The molecule has 0 saturated carbocycles. The van der Waals surface area contributed by atoms with Gasteiger partial charge in [-0.15, -0.1) is 17.3 Å². The van der Waals surface area contributed by atoms with Crippen molar-refractivity contribution in [2.24, 2.45) is 0 Å². The normalized spacial score (nSPS) is 17.8. The smallest absolute Gasteiger partial charge is 0.235 e. The van der Waals surface area contributed by atoms with Crippen molar-refractivity contribution in [1.29, 1.82) is 0 Å². The fourth-order valence-corrected chi connectivity index (χ4v) is 2.76. The van der Waals surface area contributed by atoms with Gasteiger partial charge in [0.2, 0.25) is 5.91 Å². The molecule has 2 rings (SSSR count). The van der Waals surface area contributed by atoms with Gasteiger partial charge in [-0.25, -0.2) is 10.5 Å². The number of amides is 1. The molecule has 0 bridgehead atoms. The van der Waals surface area contributed by atoms with Crippen LogP contribution in [0.25, 0.3) is 5.70 Å². The van der Waals surface area contributed by atoms with Gasteiger partial charge < -0.3 is 9.64 Å². The number of allylic oxidation sites excluding steroid dienone is 1. The molecule has 1 aromatic carbocycles. The molecule has 22 heavy (non-hydrogen) atoms. The molecule has 1 radical (unpaired) electrons. The maximum Gasteiger partial charge on any atom is 0.235 e. The minimum atomic E-state index is -0.385. The zero-order valence-corrected chi connectivity index (χ0v) is 17.7. The molecule has 0 saturated heterocycles. The van der Waals surface area contributed by atoms with Crippen LogP contribution in [0.15, 0.2) is 18.2 Å². The summed E-state index contributed by atoms with van der Waals surface area (Å²) in [6, 6.07) is 4.76. The largest absolute Gasteiger partial charge is 0.494 e. The molecule has 1 heterocycles. The van der Waals surface area contributed by atoms with Gasteiger partial charge in [0.25, 0.3) is 0 Å². The molecule has 6 heteroatoms. The summed E-state index contributed by atoms with van der Waals surface area (Å²) in [5.74, 6) is 0.137. The number of ether oxygens (including phenoxy) is 1. The van der Waals surface area contributed by atoms with Crippen LogP contribution in [-0.2, 0) is 37.5 Å². The Kier molecular flexibility index (Phi) is 8.50. The fourth-order valence-electron chi connectivity index (χ4n) is 2.20. The standard InChI is InChI=1S/C16H18FINO2.Y/c1-3-9-21-11-5-6-12(13(17)10-11)15-8-7-14(18)16(20)19(15)4-2;/h5-6,10,14H,3-4,7,9H2,1-2H3;/q-1;. The first-order valence-electron chi connectivity index (χ1n) is 7.07. The van der Waals surface area contributed by atoms with E-state index < -0.39 is 0 Å². The van der Waals surface area contributed by atoms with E-state index in [0.29, 0.717) is 36.6 Å². The summed E-state index contributed by atoms with van der Waals surface area (Å²) >= 11 is 2.10. The number of carbonyl (C=O) groups is 1. The third-order valence-electron chi connectivity index (χ3n) is 3.24. The van der Waals surface area contributed by atoms with Crippen molar-refractivity contribution < 1.29 is 46.6 Å². The van der Waals surface area contributed by atoms with E-state index in [-0.39, 0.29) is 48.4 Å².